The average molecular weight is 365 g/mol. The molecule has 0 aliphatic carbocycles. The van der Waals surface area contributed by atoms with E-state index >= 15 is 0 Å². The third kappa shape index (κ3) is 4.00. The lowest BCUT2D eigenvalue weighted by Crippen LogP contribution is -2.17. The minimum Gasteiger partial charge on any atom is -0.322 e. The molecule has 0 atom stereocenters. The Morgan fingerprint density at radius 1 is 0.846 bits per heavy atom. The van der Waals surface area contributed by atoms with Gasteiger partial charge in [0.25, 0.3) is 5.91 Å². The molecule has 0 fully saturated rings. The quantitative estimate of drug-likeness (QED) is 0.509. The maximum Gasteiger partial charge on any atom is 0.256 e. The minimum absolute atomic E-state index is 0.274. The predicted molar refractivity (Wildman–Crippen MR) is 102 cm³/mol. The Balaban J connectivity index is 1.87. The number of anilines is 1. The SMILES string of the molecule is CSc1ccc(NC(=O)c2ccccc2C(=O)c2ccc(F)cc2)cc1. The summed E-state index contributed by atoms with van der Waals surface area (Å²) in [5.41, 5.74) is 1.53. The lowest BCUT2D eigenvalue weighted by Gasteiger charge is -2.10. The Bertz CT molecular complexity index is 937. The molecule has 0 saturated carbocycles. The number of carbonyl (C=O) groups excluding carboxylic acids is 2. The van der Waals surface area contributed by atoms with Gasteiger partial charge in [-0.15, -0.1) is 11.8 Å². The lowest BCUT2D eigenvalue weighted by molar-refractivity contribution is 0.0996. The standard InChI is InChI=1S/C21H16FNO2S/c1-26-17-12-10-16(11-13-17)23-21(25)19-5-3-2-4-18(19)20(24)14-6-8-15(22)9-7-14/h2-13H,1H3,(H,23,25). The first-order chi connectivity index (χ1) is 12.6. The molecule has 3 aromatic rings. The summed E-state index contributed by atoms with van der Waals surface area (Å²) in [5.74, 6) is -1.11. The highest BCUT2D eigenvalue weighted by atomic mass is 32.2. The molecule has 0 aromatic heterocycles. The van der Waals surface area contributed by atoms with Crippen LogP contribution in [0, 0.1) is 5.82 Å². The van der Waals surface area contributed by atoms with Crippen molar-refractivity contribution in [1.82, 2.24) is 0 Å². The molecule has 0 radical (unpaired) electrons. The molecule has 0 heterocycles. The zero-order valence-electron chi connectivity index (χ0n) is 14.0. The van der Waals surface area contributed by atoms with Gasteiger partial charge in [0.1, 0.15) is 5.82 Å². The molecule has 1 amide bonds. The zero-order chi connectivity index (χ0) is 18.5. The summed E-state index contributed by atoms with van der Waals surface area (Å²) >= 11 is 1.61. The van der Waals surface area contributed by atoms with Crippen LogP contribution in [0.5, 0.6) is 0 Å². The fourth-order valence-corrected chi connectivity index (χ4v) is 2.92. The molecule has 0 aliphatic heterocycles. The molecule has 0 spiro atoms. The van der Waals surface area contributed by atoms with E-state index in [1.165, 1.54) is 24.3 Å². The Morgan fingerprint density at radius 3 is 2.08 bits per heavy atom. The second-order valence-corrected chi connectivity index (χ2v) is 6.44. The van der Waals surface area contributed by atoms with E-state index in [0.717, 1.165) is 4.90 Å². The molecule has 130 valence electrons. The van der Waals surface area contributed by atoms with E-state index in [1.807, 2.05) is 30.5 Å². The first-order valence-corrected chi connectivity index (χ1v) is 9.15. The molecule has 5 heteroatoms. The van der Waals surface area contributed by atoms with Gasteiger partial charge in [-0.25, -0.2) is 4.39 Å². The van der Waals surface area contributed by atoms with Crippen LogP contribution < -0.4 is 5.32 Å². The molecule has 0 aliphatic rings. The summed E-state index contributed by atoms with van der Waals surface area (Å²) in [7, 11) is 0. The van der Waals surface area contributed by atoms with E-state index in [-0.39, 0.29) is 22.8 Å². The van der Waals surface area contributed by atoms with Crippen LogP contribution in [-0.4, -0.2) is 17.9 Å². The van der Waals surface area contributed by atoms with Crippen molar-refractivity contribution in [3.63, 3.8) is 0 Å². The number of halogens is 1. The second-order valence-electron chi connectivity index (χ2n) is 5.56. The van der Waals surface area contributed by atoms with Crippen molar-refractivity contribution >= 4 is 29.1 Å². The Hall–Kier alpha value is -2.92. The van der Waals surface area contributed by atoms with Crippen molar-refractivity contribution < 1.29 is 14.0 Å². The highest BCUT2D eigenvalue weighted by Crippen LogP contribution is 2.20. The molecular weight excluding hydrogens is 349 g/mol. The van der Waals surface area contributed by atoms with Crippen LogP contribution in [-0.2, 0) is 0 Å². The number of nitrogens with one attached hydrogen (secondary N) is 1. The van der Waals surface area contributed by atoms with Gasteiger partial charge in [0.05, 0.1) is 5.56 Å². The van der Waals surface area contributed by atoms with Crippen LogP contribution in [0.25, 0.3) is 0 Å². The van der Waals surface area contributed by atoms with Gasteiger partial charge in [0, 0.05) is 21.7 Å². The van der Waals surface area contributed by atoms with Crippen molar-refractivity contribution in [1.29, 1.82) is 0 Å². The van der Waals surface area contributed by atoms with Crippen LogP contribution in [0.4, 0.5) is 10.1 Å². The number of hydrogen-bond acceptors (Lipinski definition) is 3. The van der Waals surface area contributed by atoms with Crippen LogP contribution in [0.15, 0.2) is 77.7 Å². The van der Waals surface area contributed by atoms with E-state index in [2.05, 4.69) is 5.32 Å². The molecule has 0 saturated heterocycles. The Kier molecular flexibility index (Phi) is 5.49. The van der Waals surface area contributed by atoms with Crippen LogP contribution >= 0.6 is 11.8 Å². The second kappa shape index (κ2) is 7.97. The molecule has 3 nitrogen and oxygen atoms in total. The van der Waals surface area contributed by atoms with Gasteiger partial charge in [0.15, 0.2) is 5.78 Å². The van der Waals surface area contributed by atoms with E-state index < -0.39 is 5.82 Å². The normalized spacial score (nSPS) is 10.4. The summed E-state index contributed by atoms with van der Waals surface area (Å²) in [6.45, 7) is 0. The number of rotatable bonds is 5. The average Bonchev–Trinajstić information content (AvgIpc) is 2.68. The number of hydrogen-bond donors (Lipinski definition) is 1. The zero-order valence-corrected chi connectivity index (χ0v) is 14.8. The van der Waals surface area contributed by atoms with E-state index in [0.29, 0.717) is 11.3 Å². The molecule has 26 heavy (non-hydrogen) atoms. The Morgan fingerprint density at radius 2 is 1.46 bits per heavy atom. The Labute approximate surface area is 155 Å². The third-order valence-corrected chi connectivity index (χ3v) is 4.61. The molecule has 3 rings (SSSR count). The fourth-order valence-electron chi connectivity index (χ4n) is 2.51. The van der Waals surface area contributed by atoms with Crippen molar-refractivity contribution in [2.24, 2.45) is 0 Å². The molecule has 0 bridgehead atoms. The minimum atomic E-state index is -0.415. The van der Waals surface area contributed by atoms with Gasteiger partial charge in [0.2, 0.25) is 0 Å². The number of benzene rings is 3. The summed E-state index contributed by atoms with van der Waals surface area (Å²) in [6, 6.07) is 19.3. The van der Waals surface area contributed by atoms with E-state index in [1.54, 1.807) is 36.0 Å². The maximum atomic E-state index is 13.1. The van der Waals surface area contributed by atoms with Gasteiger partial charge in [-0.05, 0) is 60.9 Å². The lowest BCUT2D eigenvalue weighted by atomic mass is 9.98. The van der Waals surface area contributed by atoms with Crippen molar-refractivity contribution in [3.8, 4) is 0 Å². The number of ketones is 1. The van der Waals surface area contributed by atoms with Gasteiger partial charge in [-0.3, -0.25) is 9.59 Å². The third-order valence-electron chi connectivity index (χ3n) is 3.87. The smallest absolute Gasteiger partial charge is 0.256 e. The first-order valence-electron chi connectivity index (χ1n) is 7.93. The molecule has 3 aromatic carbocycles. The van der Waals surface area contributed by atoms with Crippen molar-refractivity contribution in [2.45, 2.75) is 4.90 Å². The highest BCUT2D eigenvalue weighted by molar-refractivity contribution is 7.98. The maximum absolute atomic E-state index is 13.1. The number of carbonyl (C=O) groups is 2. The van der Waals surface area contributed by atoms with Gasteiger partial charge < -0.3 is 5.32 Å². The highest BCUT2D eigenvalue weighted by Gasteiger charge is 2.18. The van der Waals surface area contributed by atoms with Crippen molar-refractivity contribution in [3.05, 3.63) is 95.3 Å². The largest absolute Gasteiger partial charge is 0.322 e. The topological polar surface area (TPSA) is 46.2 Å². The molecule has 1 N–H and O–H groups in total. The summed E-state index contributed by atoms with van der Waals surface area (Å²) < 4.78 is 13.1. The van der Waals surface area contributed by atoms with Gasteiger partial charge in [-0.2, -0.15) is 0 Å². The van der Waals surface area contributed by atoms with E-state index in [4.69, 9.17) is 0 Å². The predicted octanol–water partition coefficient (Wildman–Crippen LogP) is 5.03. The van der Waals surface area contributed by atoms with Crippen molar-refractivity contribution in [2.75, 3.05) is 11.6 Å². The van der Waals surface area contributed by atoms with E-state index in [9.17, 15) is 14.0 Å². The van der Waals surface area contributed by atoms with Crippen LogP contribution in [0.3, 0.4) is 0 Å². The molecule has 0 unspecified atom stereocenters. The summed E-state index contributed by atoms with van der Waals surface area (Å²) in [4.78, 5) is 26.5. The van der Waals surface area contributed by atoms with Gasteiger partial charge >= 0.3 is 0 Å². The number of amides is 1. The fraction of sp³-hybridized carbons (Fsp3) is 0.0476. The van der Waals surface area contributed by atoms with Gasteiger partial charge in [-0.1, -0.05) is 18.2 Å². The summed E-state index contributed by atoms with van der Waals surface area (Å²) in [6.07, 6.45) is 1.98. The monoisotopic (exact) mass is 365 g/mol. The number of thioether (sulfide) groups is 1. The van der Waals surface area contributed by atoms with Crippen LogP contribution in [0.1, 0.15) is 26.3 Å². The molecular formula is C21H16FNO2S. The summed E-state index contributed by atoms with van der Waals surface area (Å²) in [5, 5.41) is 2.80. The first kappa shape index (κ1) is 17.9. The van der Waals surface area contributed by atoms with Crippen LogP contribution in [0.2, 0.25) is 0 Å².